The molecule has 0 atom stereocenters. The van der Waals surface area contributed by atoms with Crippen molar-refractivity contribution in [1.29, 1.82) is 0 Å². The molecule has 0 radical (unpaired) electrons. The van der Waals surface area contributed by atoms with Gasteiger partial charge in [-0.1, -0.05) is 11.8 Å². The fourth-order valence-corrected chi connectivity index (χ4v) is 3.98. The van der Waals surface area contributed by atoms with Crippen LogP contribution in [0.3, 0.4) is 0 Å². The van der Waals surface area contributed by atoms with Gasteiger partial charge in [-0.3, -0.25) is 9.59 Å². The third kappa shape index (κ3) is 4.02. The largest absolute Gasteiger partial charge is 0.481 e. The highest BCUT2D eigenvalue weighted by molar-refractivity contribution is 7.99. The molecule has 0 aliphatic heterocycles. The molecule has 20 heavy (non-hydrogen) atoms. The standard InChI is InChI=1S/C13H18N2O3S2/c1-19-10-4-2-9(3-5-10)15-7-6-11(16)14-13(15)20-8-12(17)18/h6-7,9-10H,2-5,8H2,1H3,(H,17,18). The second-order valence-corrected chi connectivity index (χ2v) is 6.88. The van der Waals surface area contributed by atoms with Gasteiger partial charge in [0.2, 0.25) is 0 Å². The number of rotatable bonds is 5. The van der Waals surface area contributed by atoms with E-state index in [0.29, 0.717) is 16.4 Å². The van der Waals surface area contributed by atoms with Crippen molar-refractivity contribution in [3.05, 3.63) is 22.6 Å². The Morgan fingerprint density at radius 1 is 1.45 bits per heavy atom. The topological polar surface area (TPSA) is 72.2 Å². The molecule has 1 aliphatic rings. The third-order valence-corrected chi connectivity index (χ3v) is 5.59. The third-order valence-electron chi connectivity index (χ3n) is 3.50. The zero-order valence-corrected chi connectivity index (χ0v) is 13.0. The van der Waals surface area contributed by atoms with Crippen LogP contribution >= 0.6 is 23.5 Å². The molecule has 1 aromatic rings. The van der Waals surface area contributed by atoms with Crippen molar-refractivity contribution in [2.75, 3.05) is 12.0 Å². The first-order chi connectivity index (χ1) is 9.60. The van der Waals surface area contributed by atoms with Gasteiger partial charge < -0.3 is 9.67 Å². The van der Waals surface area contributed by atoms with E-state index in [1.165, 1.54) is 6.07 Å². The van der Waals surface area contributed by atoms with Crippen LogP contribution < -0.4 is 5.56 Å². The minimum absolute atomic E-state index is 0.0728. The molecule has 1 N–H and O–H groups in total. The van der Waals surface area contributed by atoms with E-state index in [-0.39, 0.29) is 11.3 Å². The molecule has 110 valence electrons. The zero-order valence-electron chi connectivity index (χ0n) is 11.3. The number of carbonyl (C=O) groups is 1. The average Bonchev–Trinajstić information content (AvgIpc) is 2.45. The molecule has 1 aliphatic carbocycles. The lowest BCUT2D eigenvalue weighted by Crippen LogP contribution is -2.23. The lowest BCUT2D eigenvalue weighted by Gasteiger charge is -2.30. The number of aliphatic carboxylic acids is 1. The van der Waals surface area contributed by atoms with Crippen molar-refractivity contribution < 1.29 is 9.90 Å². The second kappa shape index (κ2) is 7.17. The van der Waals surface area contributed by atoms with Gasteiger partial charge in [0.15, 0.2) is 5.16 Å². The first-order valence-electron chi connectivity index (χ1n) is 6.56. The predicted molar refractivity (Wildman–Crippen MR) is 81.7 cm³/mol. The maximum Gasteiger partial charge on any atom is 0.313 e. The molecule has 0 spiro atoms. The van der Waals surface area contributed by atoms with Crippen LogP contribution in [0.5, 0.6) is 0 Å². The van der Waals surface area contributed by atoms with E-state index in [1.807, 2.05) is 16.3 Å². The fourth-order valence-electron chi connectivity index (χ4n) is 2.47. The molecular weight excluding hydrogens is 296 g/mol. The van der Waals surface area contributed by atoms with Crippen LogP contribution in [-0.2, 0) is 4.79 Å². The maximum absolute atomic E-state index is 11.4. The molecular formula is C13H18N2O3S2. The molecule has 0 amide bonds. The molecule has 7 heteroatoms. The SMILES string of the molecule is CSC1CCC(n2ccc(=O)nc2SCC(=O)O)CC1. The number of nitrogens with zero attached hydrogens (tertiary/aromatic N) is 2. The molecule has 1 aromatic heterocycles. The van der Waals surface area contributed by atoms with Crippen LogP contribution in [0.2, 0.25) is 0 Å². The van der Waals surface area contributed by atoms with Gasteiger partial charge in [0.25, 0.3) is 5.56 Å². The summed E-state index contributed by atoms with van der Waals surface area (Å²) >= 11 is 3.02. The van der Waals surface area contributed by atoms with Crippen LogP contribution in [0.1, 0.15) is 31.7 Å². The van der Waals surface area contributed by atoms with Gasteiger partial charge in [0.05, 0.1) is 5.75 Å². The molecule has 2 rings (SSSR count). The highest BCUT2D eigenvalue weighted by Gasteiger charge is 2.23. The van der Waals surface area contributed by atoms with Crippen molar-refractivity contribution in [2.24, 2.45) is 0 Å². The lowest BCUT2D eigenvalue weighted by atomic mass is 9.95. The van der Waals surface area contributed by atoms with Crippen LogP contribution in [0.25, 0.3) is 0 Å². The van der Waals surface area contributed by atoms with Gasteiger partial charge in [-0.25, -0.2) is 0 Å². The molecule has 0 bridgehead atoms. The number of hydrogen-bond donors (Lipinski definition) is 1. The van der Waals surface area contributed by atoms with Crippen molar-refractivity contribution in [3.63, 3.8) is 0 Å². The Kier molecular flexibility index (Phi) is 5.54. The van der Waals surface area contributed by atoms with Crippen LogP contribution in [-0.4, -0.2) is 37.9 Å². The Bertz CT molecular complexity index is 525. The molecule has 0 aromatic carbocycles. The summed E-state index contributed by atoms with van der Waals surface area (Å²) in [4.78, 5) is 26.0. The Labute approximate surface area is 126 Å². The van der Waals surface area contributed by atoms with E-state index in [2.05, 4.69) is 11.2 Å². The highest BCUT2D eigenvalue weighted by atomic mass is 32.2. The predicted octanol–water partition coefficient (Wildman–Crippen LogP) is 2.27. The van der Waals surface area contributed by atoms with Crippen molar-refractivity contribution in [1.82, 2.24) is 9.55 Å². The van der Waals surface area contributed by atoms with Crippen LogP contribution in [0.4, 0.5) is 0 Å². The van der Waals surface area contributed by atoms with Crippen LogP contribution in [0.15, 0.2) is 22.2 Å². The smallest absolute Gasteiger partial charge is 0.313 e. The number of carboxylic acids is 1. The van der Waals surface area contributed by atoms with E-state index in [9.17, 15) is 9.59 Å². The summed E-state index contributed by atoms with van der Waals surface area (Å²) in [5.41, 5.74) is -0.313. The van der Waals surface area contributed by atoms with Crippen molar-refractivity contribution in [3.8, 4) is 0 Å². The second-order valence-electron chi connectivity index (χ2n) is 4.80. The lowest BCUT2D eigenvalue weighted by molar-refractivity contribution is -0.133. The molecule has 0 saturated heterocycles. The number of thioether (sulfide) groups is 2. The molecule has 5 nitrogen and oxygen atoms in total. The van der Waals surface area contributed by atoms with Gasteiger partial charge in [0, 0.05) is 23.6 Å². The van der Waals surface area contributed by atoms with E-state index in [4.69, 9.17) is 5.11 Å². The fraction of sp³-hybridized carbons (Fsp3) is 0.615. The molecule has 1 saturated carbocycles. The quantitative estimate of drug-likeness (QED) is 0.664. The van der Waals surface area contributed by atoms with Crippen LogP contribution in [0, 0.1) is 0 Å². The first-order valence-corrected chi connectivity index (χ1v) is 8.84. The molecule has 1 fully saturated rings. The van der Waals surface area contributed by atoms with E-state index in [0.717, 1.165) is 37.4 Å². The summed E-state index contributed by atoms with van der Waals surface area (Å²) in [5, 5.41) is 10.0. The van der Waals surface area contributed by atoms with E-state index < -0.39 is 5.97 Å². The van der Waals surface area contributed by atoms with Gasteiger partial charge in [-0.05, 0) is 31.9 Å². The van der Waals surface area contributed by atoms with Crippen molar-refractivity contribution >= 4 is 29.5 Å². The summed E-state index contributed by atoms with van der Waals surface area (Å²) < 4.78 is 1.98. The van der Waals surface area contributed by atoms with Gasteiger partial charge in [-0.15, -0.1) is 0 Å². The highest BCUT2D eigenvalue weighted by Crippen LogP contribution is 2.35. The maximum atomic E-state index is 11.4. The Hall–Kier alpha value is -0.950. The summed E-state index contributed by atoms with van der Waals surface area (Å²) in [7, 11) is 0. The number of aromatic nitrogens is 2. The Morgan fingerprint density at radius 2 is 2.15 bits per heavy atom. The minimum Gasteiger partial charge on any atom is -0.481 e. The summed E-state index contributed by atoms with van der Waals surface area (Å²) in [6, 6.07) is 1.77. The molecule has 0 unspecified atom stereocenters. The van der Waals surface area contributed by atoms with Gasteiger partial charge in [0.1, 0.15) is 0 Å². The minimum atomic E-state index is -0.897. The summed E-state index contributed by atoms with van der Waals surface area (Å²) in [6.07, 6.45) is 8.30. The van der Waals surface area contributed by atoms with Crippen molar-refractivity contribution in [2.45, 2.75) is 42.1 Å². The summed E-state index contributed by atoms with van der Waals surface area (Å²) in [6.45, 7) is 0. The van der Waals surface area contributed by atoms with Gasteiger partial charge >= 0.3 is 5.97 Å². The normalized spacial score (nSPS) is 22.6. The van der Waals surface area contributed by atoms with E-state index in [1.54, 1.807) is 6.20 Å². The zero-order chi connectivity index (χ0) is 14.5. The first kappa shape index (κ1) is 15.4. The number of carboxylic acid groups (broad SMARTS) is 1. The van der Waals surface area contributed by atoms with E-state index >= 15 is 0 Å². The molecule has 1 heterocycles. The number of hydrogen-bond acceptors (Lipinski definition) is 5. The van der Waals surface area contributed by atoms with Gasteiger partial charge in [-0.2, -0.15) is 16.7 Å². The average molecular weight is 314 g/mol. The summed E-state index contributed by atoms with van der Waals surface area (Å²) in [5.74, 6) is -0.970. The monoisotopic (exact) mass is 314 g/mol. The Morgan fingerprint density at radius 3 is 2.75 bits per heavy atom. The Balaban J connectivity index is 2.14.